The highest BCUT2D eigenvalue weighted by atomic mass is 32.1. The summed E-state index contributed by atoms with van der Waals surface area (Å²) in [4.78, 5) is 18.5. The van der Waals surface area contributed by atoms with Crippen LogP contribution in [0.15, 0.2) is 29.8 Å². The highest BCUT2D eigenvalue weighted by Crippen LogP contribution is 2.35. The smallest absolute Gasteiger partial charge is 0.354 e. The normalized spacial score (nSPS) is 18.2. The third-order valence-corrected chi connectivity index (χ3v) is 4.57. The lowest BCUT2D eigenvalue weighted by Crippen LogP contribution is -2.33. The minimum atomic E-state index is -0.984. The van der Waals surface area contributed by atoms with Crippen molar-refractivity contribution >= 4 is 23.0 Å². The molecule has 1 atom stereocenters. The molecule has 0 fully saturated rings. The molecule has 0 saturated heterocycles. The van der Waals surface area contributed by atoms with E-state index in [-0.39, 0.29) is 11.7 Å². The van der Waals surface area contributed by atoms with Crippen LogP contribution in [0.4, 0.5) is 5.69 Å². The van der Waals surface area contributed by atoms with Crippen molar-refractivity contribution in [2.24, 2.45) is 0 Å². The van der Waals surface area contributed by atoms with E-state index in [1.165, 1.54) is 10.4 Å². The molecule has 98 valence electrons. The molecular formula is C14H14N2O2S. The van der Waals surface area contributed by atoms with Gasteiger partial charge in [-0.2, -0.15) is 0 Å². The van der Waals surface area contributed by atoms with Gasteiger partial charge in [0, 0.05) is 23.3 Å². The predicted molar refractivity (Wildman–Crippen MR) is 75.0 cm³/mol. The first kappa shape index (κ1) is 12.2. The van der Waals surface area contributed by atoms with Crippen LogP contribution in [0.25, 0.3) is 0 Å². The molecule has 5 heteroatoms. The maximum atomic E-state index is 11.0. The van der Waals surface area contributed by atoms with Gasteiger partial charge in [0.1, 0.15) is 5.69 Å². The highest BCUT2D eigenvalue weighted by molar-refractivity contribution is 7.10. The van der Waals surface area contributed by atoms with E-state index in [2.05, 4.69) is 28.3 Å². The summed E-state index contributed by atoms with van der Waals surface area (Å²) in [6.07, 6.45) is 2.58. The van der Waals surface area contributed by atoms with Gasteiger partial charge >= 0.3 is 5.97 Å². The second kappa shape index (κ2) is 4.66. The topological polar surface area (TPSA) is 53.4 Å². The summed E-state index contributed by atoms with van der Waals surface area (Å²) < 4.78 is 0. The van der Waals surface area contributed by atoms with Gasteiger partial charge in [-0.05, 0) is 42.5 Å². The molecule has 0 aliphatic carbocycles. The van der Waals surface area contributed by atoms with E-state index in [0.29, 0.717) is 0 Å². The van der Waals surface area contributed by atoms with Crippen LogP contribution in [0, 0.1) is 0 Å². The van der Waals surface area contributed by atoms with Crippen molar-refractivity contribution < 1.29 is 9.90 Å². The van der Waals surface area contributed by atoms with Gasteiger partial charge in [-0.15, -0.1) is 11.3 Å². The molecule has 0 saturated carbocycles. The van der Waals surface area contributed by atoms with E-state index < -0.39 is 5.97 Å². The molecule has 0 spiro atoms. The molecule has 3 heterocycles. The van der Waals surface area contributed by atoms with Crippen LogP contribution >= 0.6 is 11.3 Å². The monoisotopic (exact) mass is 274 g/mol. The molecule has 2 aromatic heterocycles. The lowest BCUT2D eigenvalue weighted by Gasteiger charge is -2.35. The van der Waals surface area contributed by atoms with E-state index in [4.69, 9.17) is 5.11 Å². The SMILES string of the molecule is CC1c2ccsc2CCN1c1ccnc(C(=O)O)c1. The number of aromatic nitrogens is 1. The first-order chi connectivity index (χ1) is 9.16. The van der Waals surface area contributed by atoms with Crippen LogP contribution in [0.2, 0.25) is 0 Å². The molecule has 1 aliphatic rings. The number of nitrogens with zero attached hydrogens (tertiary/aromatic N) is 2. The summed E-state index contributed by atoms with van der Waals surface area (Å²) in [6, 6.07) is 5.96. The fourth-order valence-electron chi connectivity index (χ4n) is 2.58. The van der Waals surface area contributed by atoms with Gasteiger partial charge in [-0.1, -0.05) is 0 Å². The molecule has 4 nitrogen and oxygen atoms in total. The lowest BCUT2D eigenvalue weighted by atomic mass is 10.0. The van der Waals surface area contributed by atoms with Crippen molar-refractivity contribution in [3.63, 3.8) is 0 Å². The minimum absolute atomic E-state index is 0.0980. The lowest BCUT2D eigenvalue weighted by molar-refractivity contribution is 0.0690. The molecule has 1 N–H and O–H groups in total. The fourth-order valence-corrected chi connectivity index (χ4v) is 3.54. The van der Waals surface area contributed by atoms with Crippen molar-refractivity contribution in [3.8, 4) is 0 Å². The van der Waals surface area contributed by atoms with Crippen LogP contribution in [-0.2, 0) is 6.42 Å². The molecule has 3 rings (SSSR count). The van der Waals surface area contributed by atoms with Crippen LogP contribution in [0.1, 0.15) is 33.9 Å². The summed E-state index contributed by atoms with van der Waals surface area (Å²) in [7, 11) is 0. The van der Waals surface area contributed by atoms with Crippen LogP contribution in [0.5, 0.6) is 0 Å². The number of rotatable bonds is 2. The summed E-state index contributed by atoms with van der Waals surface area (Å²) >= 11 is 1.80. The number of carboxylic acid groups (broad SMARTS) is 1. The fraction of sp³-hybridized carbons (Fsp3) is 0.286. The maximum absolute atomic E-state index is 11.0. The van der Waals surface area contributed by atoms with Gasteiger partial charge in [0.2, 0.25) is 0 Å². The molecule has 0 radical (unpaired) electrons. The third-order valence-electron chi connectivity index (χ3n) is 3.57. The highest BCUT2D eigenvalue weighted by Gasteiger charge is 2.25. The Morgan fingerprint density at radius 3 is 3.16 bits per heavy atom. The Balaban J connectivity index is 1.95. The molecule has 1 aliphatic heterocycles. The Hall–Kier alpha value is -1.88. The van der Waals surface area contributed by atoms with E-state index >= 15 is 0 Å². The third kappa shape index (κ3) is 2.10. The van der Waals surface area contributed by atoms with E-state index in [1.807, 2.05) is 6.07 Å². The van der Waals surface area contributed by atoms with E-state index in [1.54, 1.807) is 23.6 Å². The van der Waals surface area contributed by atoms with Gasteiger partial charge in [-0.3, -0.25) is 0 Å². The Labute approximate surface area is 115 Å². The van der Waals surface area contributed by atoms with Crippen LogP contribution < -0.4 is 4.90 Å². The zero-order valence-electron chi connectivity index (χ0n) is 10.5. The number of pyridine rings is 1. The van der Waals surface area contributed by atoms with E-state index in [9.17, 15) is 4.79 Å². The van der Waals surface area contributed by atoms with Crippen molar-refractivity contribution in [1.82, 2.24) is 4.98 Å². The molecule has 0 amide bonds. The molecule has 1 unspecified atom stereocenters. The molecule has 19 heavy (non-hydrogen) atoms. The summed E-state index contributed by atoms with van der Waals surface area (Å²) in [5.41, 5.74) is 2.38. The number of thiophene rings is 1. The number of hydrogen-bond donors (Lipinski definition) is 1. The van der Waals surface area contributed by atoms with Crippen molar-refractivity contribution in [2.75, 3.05) is 11.4 Å². The number of anilines is 1. The molecule has 0 bridgehead atoms. The summed E-state index contributed by atoms with van der Waals surface area (Å²) in [5.74, 6) is -0.984. The molecule has 2 aromatic rings. The second-order valence-electron chi connectivity index (χ2n) is 4.62. The molecule has 0 aromatic carbocycles. The first-order valence-corrected chi connectivity index (χ1v) is 7.07. The standard InChI is InChI=1S/C14H14N2O2S/c1-9-11-4-7-19-13(11)3-6-16(9)10-2-5-15-12(8-10)14(17)18/h2,4-5,7-9H,3,6H2,1H3,(H,17,18). The zero-order valence-corrected chi connectivity index (χ0v) is 11.4. The van der Waals surface area contributed by atoms with Gasteiger partial charge in [0.05, 0.1) is 6.04 Å². The van der Waals surface area contributed by atoms with Crippen molar-refractivity contribution in [3.05, 3.63) is 45.9 Å². The first-order valence-electron chi connectivity index (χ1n) is 6.19. The van der Waals surface area contributed by atoms with E-state index in [0.717, 1.165) is 18.7 Å². The number of hydrogen-bond acceptors (Lipinski definition) is 4. The Morgan fingerprint density at radius 1 is 1.53 bits per heavy atom. The van der Waals surface area contributed by atoms with Gasteiger partial charge in [0.25, 0.3) is 0 Å². The largest absolute Gasteiger partial charge is 0.477 e. The number of aromatic carboxylic acids is 1. The van der Waals surface area contributed by atoms with Crippen LogP contribution in [0.3, 0.4) is 0 Å². The number of carbonyl (C=O) groups is 1. The van der Waals surface area contributed by atoms with Gasteiger partial charge in [-0.25, -0.2) is 9.78 Å². The predicted octanol–water partition coefficient (Wildman–Crippen LogP) is 2.97. The minimum Gasteiger partial charge on any atom is -0.477 e. The van der Waals surface area contributed by atoms with Gasteiger partial charge < -0.3 is 10.0 Å². The average molecular weight is 274 g/mol. The number of carboxylic acids is 1. The summed E-state index contributed by atoms with van der Waals surface area (Å²) in [5, 5.41) is 11.1. The molecular weight excluding hydrogens is 260 g/mol. The Kier molecular flexibility index (Phi) is 2.98. The quantitative estimate of drug-likeness (QED) is 0.914. The van der Waals surface area contributed by atoms with Crippen LogP contribution in [-0.4, -0.2) is 22.6 Å². The Morgan fingerprint density at radius 2 is 2.37 bits per heavy atom. The van der Waals surface area contributed by atoms with Crippen molar-refractivity contribution in [1.29, 1.82) is 0 Å². The Bertz CT molecular complexity index is 623. The van der Waals surface area contributed by atoms with Crippen molar-refractivity contribution in [2.45, 2.75) is 19.4 Å². The number of fused-ring (bicyclic) bond motifs is 1. The summed E-state index contributed by atoms with van der Waals surface area (Å²) in [6.45, 7) is 3.07. The van der Waals surface area contributed by atoms with Gasteiger partial charge in [0.15, 0.2) is 0 Å². The zero-order chi connectivity index (χ0) is 13.4. The second-order valence-corrected chi connectivity index (χ2v) is 5.62. The average Bonchev–Trinajstić information content (AvgIpc) is 2.88. The maximum Gasteiger partial charge on any atom is 0.354 e.